The monoisotopic (exact) mass is 361 g/mol. The normalized spacial score (nSPS) is 11.4. The number of furan rings is 1. The van der Waals surface area contributed by atoms with Crippen molar-refractivity contribution in [2.75, 3.05) is 32.2 Å². The Kier molecular flexibility index (Phi) is 8.25. The second-order valence-corrected chi connectivity index (χ2v) is 6.64. The van der Waals surface area contributed by atoms with Crippen molar-refractivity contribution in [2.24, 2.45) is 4.99 Å². The third kappa shape index (κ3) is 6.74. The molecule has 1 heterocycles. The highest BCUT2D eigenvalue weighted by Gasteiger charge is 2.04. The van der Waals surface area contributed by atoms with E-state index in [1.54, 1.807) is 13.4 Å². The van der Waals surface area contributed by atoms with Gasteiger partial charge in [-0.05, 0) is 36.9 Å². The lowest BCUT2D eigenvalue weighted by atomic mass is 10.1. The van der Waals surface area contributed by atoms with Crippen molar-refractivity contribution in [3.63, 3.8) is 0 Å². The fraction of sp³-hybridized carbons (Fsp3) is 0.421. The summed E-state index contributed by atoms with van der Waals surface area (Å²) in [4.78, 5) is 4.70. The van der Waals surface area contributed by atoms with Gasteiger partial charge in [-0.2, -0.15) is 11.8 Å². The van der Waals surface area contributed by atoms with Gasteiger partial charge in [0.15, 0.2) is 5.96 Å². The number of nitrogens with zero attached hydrogens (tertiary/aromatic N) is 1. The van der Waals surface area contributed by atoms with Crippen LogP contribution in [0.25, 0.3) is 0 Å². The molecule has 2 aromatic rings. The second-order valence-electron chi connectivity index (χ2n) is 5.66. The molecule has 0 saturated carbocycles. The van der Waals surface area contributed by atoms with Crippen molar-refractivity contribution in [1.82, 2.24) is 10.6 Å². The van der Waals surface area contributed by atoms with Crippen molar-refractivity contribution in [3.05, 3.63) is 53.5 Å². The van der Waals surface area contributed by atoms with E-state index in [4.69, 9.17) is 14.1 Å². The van der Waals surface area contributed by atoms with Crippen molar-refractivity contribution < 1.29 is 9.15 Å². The van der Waals surface area contributed by atoms with Crippen LogP contribution in [-0.2, 0) is 13.0 Å². The average Bonchev–Trinajstić information content (AvgIpc) is 3.13. The minimum absolute atomic E-state index is 0.568. The lowest BCUT2D eigenvalue weighted by Crippen LogP contribution is -2.39. The first-order valence-electron chi connectivity index (χ1n) is 8.40. The highest BCUT2D eigenvalue weighted by atomic mass is 32.2. The Morgan fingerprint density at radius 1 is 1.24 bits per heavy atom. The van der Waals surface area contributed by atoms with Gasteiger partial charge in [0.05, 0.1) is 19.9 Å². The number of aryl methyl sites for hydroxylation is 1. The van der Waals surface area contributed by atoms with E-state index in [-0.39, 0.29) is 0 Å². The van der Waals surface area contributed by atoms with E-state index in [2.05, 4.69) is 35.9 Å². The van der Waals surface area contributed by atoms with Gasteiger partial charge in [-0.25, -0.2) is 4.99 Å². The van der Waals surface area contributed by atoms with E-state index in [1.807, 2.05) is 30.0 Å². The van der Waals surface area contributed by atoms with E-state index in [0.717, 1.165) is 48.3 Å². The Morgan fingerprint density at radius 2 is 2.08 bits per heavy atom. The summed E-state index contributed by atoms with van der Waals surface area (Å²) in [6.45, 7) is 4.27. The summed E-state index contributed by atoms with van der Waals surface area (Å²) < 4.78 is 10.8. The lowest BCUT2D eigenvalue weighted by molar-refractivity contribution is 0.409. The fourth-order valence-electron chi connectivity index (χ4n) is 2.35. The van der Waals surface area contributed by atoms with Crippen molar-refractivity contribution >= 4 is 17.7 Å². The van der Waals surface area contributed by atoms with Crippen LogP contribution in [-0.4, -0.2) is 38.2 Å². The summed E-state index contributed by atoms with van der Waals surface area (Å²) >= 11 is 1.81. The molecule has 2 rings (SSSR count). The molecule has 0 fully saturated rings. The molecule has 25 heavy (non-hydrogen) atoms. The van der Waals surface area contributed by atoms with Gasteiger partial charge in [-0.15, -0.1) is 0 Å². The number of hydrogen-bond donors (Lipinski definition) is 2. The maximum absolute atomic E-state index is 5.46. The number of thioether (sulfide) groups is 1. The molecule has 0 saturated heterocycles. The molecule has 0 aliphatic heterocycles. The fourth-order valence-corrected chi connectivity index (χ4v) is 2.66. The number of methoxy groups -OCH3 is 1. The third-order valence-corrected chi connectivity index (χ3v) is 4.31. The van der Waals surface area contributed by atoms with Gasteiger partial charge in [0.1, 0.15) is 11.5 Å². The van der Waals surface area contributed by atoms with Crippen LogP contribution in [0.3, 0.4) is 0 Å². The van der Waals surface area contributed by atoms with Crippen LogP contribution in [0.4, 0.5) is 0 Å². The highest BCUT2D eigenvalue weighted by Crippen LogP contribution is 2.20. The number of ether oxygens (including phenoxy) is 1. The standard InChI is InChI=1S/C19H27N3O2S/c1-15-6-7-16(18(13-15)23-2)14-22-19(21-10-12-25-3)20-9-8-17-5-4-11-24-17/h4-7,11,13H,8-10,12,14H2,1-3H3,(H2,20,21,22). The number of benzene rings is 1. The number of hydrogen-bond acceptors (Lipinski definition) is 4. The van der Waals surface area contributed by atoms with Crippen molar-refractivity contribution in [2.45, 2.75) is 19.9 Å². The minimum atomic E-state index is 0.568. The molecule has 6 heteroatoms. The van der Waals surface area contributed by atoms with E-state index in [0.29, 0.717) is 6.54 Å². The molecule has 2 N–H and O–H groups in total. The largest absolute Gasteiger partial charge is 0.496 e. The quantitative estimate of drug-likeness (QED) is 0.408. The van der Waals surface area contributed by atoms with Gasteiger partial charge in [0.25, 0.3) is 0 Å². The summed E-state index contributed by atoms with van der Waals surface area (Å²) in [6, 6.07) is 10.1. The molecule has 1 aromatic carbocycles. The van der Waals surface area contributed by atoms with Gasteiger partial charge in [-0.1, -0.05) is 12.1 Å². The molecule has 0 atom stereocenters. The van der Waals surface area contributed by atoms with E-state index in [1.165, 1.54) is 5.56 Å². The summed E-state index contributed by atoms with van der Waals surface area (Å²) in [5, 5.41) is 6.73. The molecule has 0 amide bonds. The Morgan fingerprint density at radius 3 is 2.80 bits per heavy atom. The van der Waals surface area contributed by atoms with Crippen LogP contribution >= 0.6 is 11.8 Å². The highest BCUT2D eigenvalue weighted by molar-refractivity contribution is 7.98. The SMILES string of the molecule is COc1cc(C)ccc1CN=C(NCCSC)NCCc1ccco1. The zero-order valence-electron chi connectivity index (χ0n) is 15.2. The first kappa shape index (κ1) is 19.2. The van der Waals surface area contributed by atoms with Crippen LogP contribution in [0, 0.1) is 6.92 Å². The maximum Gasteiger partial charge on any atom is 0.191 e. The lowest BCUT2D eigenvalue weighted by Gasteiger charge is -2.13. The topological polar surface area (TPSA) is 58.8 Å². The molecule has 136 valence electrons. The minimum Gasteiger partial charge on any atom is -0.496 e. The summed E-state index contributed by atoms with van der Waals surface area (Å²) in [5.74, 6) is 3.69. The average molecular weight is 362 g/mol. The zero-order valence-corrected chi connectivity index (χ0v) is 16.0. The molecule has 0 aliphatic carbocycles. The van der Waals surface area contributed by atoms with Gasteiger partial charge in [0, 0.05) is 30.8 Å². The predicted molar refractivity (Wildman–Crippen MR) is 106 cm³/mol. The smallest absolute Gasteiger partial charge is 0.191 e. The van der Waals surface area contributed by atoms with Gasteiger partial charge in [-0.3, -0.25) is 0 Å². The van der Waals surface area contributed by atoms with E-state index in [9.17, 15) is 0 Å². The Labute approximate surface area is 154 Å². The molecule has 1 aromatic heterocycles. The predicted octanol–water partition coefficient (Wildman–Crippen LogP) is 3.24. The molecule has 0 aliphatic rings. The summed E-state index contributed by atoms with van der Waals surface area (Å²) in [6.07, 6.45) is 4.62. The van der Waals surface area contributed by atoms with Crippen LogP contribution in [0.1, 0.15) is 16.9 Å². The van der Waals surface area contributed by atoms with E-state index >= 15 is 0 Å². The second kappa shape index (κ2) is 10.7. The first-order valence-corrected chi connectivity index (χ1v) is 9.79. The maximum atomic E-state index is 5.46. The van der Waals surface area contributed by atoms with Gasteiger partial charge >= 0.3 is 0 Å². The number of nitrogens with one attached hydrogen (secondary N) is 2. The molecular formula is C19H27N3O2S. The number of aliphatic imine (C=N–C) groups is 1. The molecule has 0 radical (unpaired) electrons. The van der Waals surface area contributed by atoms with Crippen LogP contribution in [0.15, 0.2) is 46.0 Å². The first-order chi connectivity index (χ1) is 12.2. The van der Waals surface area contributed by atoms with Crippen LogP contribution in [0.2, 0.25) is 0 Å². The molecular weight excluding hydrogens is 334 g/mol. The third-order valence-electron chi connectivity index (χ3n) is 3.69. The van der Waals surface area contributed by atoms with Crippen molar-refractivity contribution in [1.29, 1.82) is 0 Å². The van der Waals surface area contributed by atoms with Crippen LogP contribution in [0.5, 0.6) is 5.75 Å². The zero-order chi connectivity index (χ0) is 17.9. The number of guanidine groups is 1. The molecule has 0 bridgehead atoms. The van der Waals surface area contributed by atoms with Crippen molar-refractivity contribution in [3.8, 4) is 5.75 Å². The Bertz CT molecular complexity index is 657. The van der Waals surface area contributed by atoms with Gasteiger partial charge < -0.3 is 19.8 Å². The van der Waals surface area contributed by atoms with Gasteiger partial charge in [0.2, 0.25) is 0 Å². The van der Waals surface area contributed by atoms with E-state index < -0.39 is 0 Å². The van der Waals surface area contributed by atoms with Crippen LogP contribution < -0.4 is 15.4 Å². The molecule has 0 spiro atoms. The summed E-state index contributed by atoms with van der Waals surface area (Å²) in [7, 11) is 1.70. The Hall–Kier alpha value is -2.08. The summed E-state index contributed by atoms with van der Waals surface area (Å²) in [5.41, 5.74) is 2.25. The molecule has 0 unspecified atom stereocenters. The number of rotatable bonds is 9. The molecule has 5 nitrogen and oxygen atoms in total. The Balaban J connectivity index is 1.96.